The van der Waals surface area contributed by atoms with E-state index < -0.39 is 0 Å². The lowest BCUT2D eigenvalue weighted by Gasteiger charge is -2.06. The molecule has 5 aromatic rings. The number of hydrogen-bond donors (Lipinski definition) is 1. The van der Waals surface area contributed by atoms with Gasteiger partial charge in [-0.05, 0) is 33.9 Å². The molecule has 3 nitrogen and oxygen atoms in total. The number of aromatic nitrogens is 1. The molecule has 5 rings (SSSR count). The molecule has 4 aromatic carbocycles. The van der Waals surface area contributed by atoms with Crippen molar-refractivity contribution < 1.29 is 4.79 Å². The summed E-state index contributed by atoms with van der Waals surface area (Å²) in [4.78, 5) is 18.9. The van der Waals surface area contributed by atoms with Gasteiger partial charge in [0.2, 0.25) is 5.91 Å². The second-order valence-electron chi connectivity index (χ2n) is 8.35. The van der Waals surface area contributed by atoms with Gasteiger partial charge in [-0.25, -0.2) is 4.98 Å². The van der Waals surface area contributed by atoms with Crippen molar-refractivity contribution in [1.82, 2.24) is 4.98 Å². The molecule has 0 aliphatic carbocycles. The van der Waals surface area contributed by atoms with Gasteiger partial charge >= 0.3 is 0 Å². The molecule has 1 N–H and O–H groups in total. The van der Waals surface area contributed by atoms with Gasteiger partial charge in [-0.3, -0.25) is 4.79 Å². The molecule has 0 saturated carbocycles. The molecule has 1 amide bonds. The summed E-state index contributed by atoms with van der Waals surface area (Å²) >= 11 is 1.58. The Morgan fingerprint density at radius 1 is 0.794 bits per heavy atom. The highest BCUT2D eigenvalue weighted by atomic mass is 32.1. The van der Waals surface area contributed by atoms with Gasteiger partial charge in [-0.1, -0.05) is 110 Å². The van der Waals surface area contributed by atoms with Gasteiger partial charge in [-0.2, -0.15) is 0 Å². The molecule has 0 aliphatic rings. The summed E-state index contributed by atoms with van der Waals surface area (Å²) in [7, 11) is 0. The van der Waals surface area contributed by atoms with E-state index in [4.69, 9.17) is 4.98 Å². The van der Waals surface area contributed by atoms with Crippen LogP contribution >= 0.6 is 11.3 Å². The first-order chi connectivity index (χ1) is 16.7. The molecule has 0 bridgehead atoms. The van der Waals surface area contributed by atoms with Crippen molar-refractivity contribution in [1.29, 1.82) is 0 Å². The Bertz CT molecular complexity index is 1420. The lowest BCUT2D eigenvalue weighted by molar-refractivity contribution is -0.115. The molecule has 0 fully saturated rings. The summed E-state index contributed by atoms with van der Waals surface area (Å²) in [5.74, 6) is -0.0425. The third-order valence-corrected chi connectivity index (χ3v) is 6.95. The van der Waals surface area contributed by atoms with Crippen molar-refractivity contribution in [3.8, 4) is 22.4 Å². The van der Waals surface area contributed by atoms with E-state index in [0.717, 1.165) is 40.4 Å². The first-order valence-electron chi connectivity index (χ1n) is 11.6. The SMILES string of the molecule is CCCc1sc(NC(=O)Cc2cccc3ccccc23)nc1-c1ccc(-c2ccccc2)cc1. The van der Waals surface area contributed by atoms with Crippen molar-refractivity contribution in [2.75, 3.05) is 5.32 Å². The van der Waals surface area contributed by atoms with E-state index in [0.29, 0.717) is 11.6 Å². The summed E-state index contributed by atoms with van der Waals surface area (Å²) in [5.41, 5.74) is 5.45. The molecule has 0 radical (unpaired) electrons. The van der Waals surface area contributed by atoms with Crippen LogP contribution in [0.3, 0.4) is 0 Å². The van der Waals surface area contributed by atoms with E-state index in [1.54, 1.807) is 11.3 Å². The lowest BCUT2D eigenvalue weighted by Crippen LogP contribution is -2.14. The van der Waals surface area contributed by atoms with E-state index >= 15 is 0 Å². The molecular formula is C30H26N2OS. The Morgan fingerprint density at radius 2 is 1.47 bits per heavy atom. The predicted molar refractivity (Wildman–Crippen MR) is 143 cm³/mol. The van der Waals surface area contributed by atoms with Gasteiger partial charge in [0, 0.05) is 10.4 Å². The molecular weight excluding hydrogens is 436 g/mol. The van der Waals surface area contributed by atoms with Crippen LogP contribution in [-0.4, -0.2) is 10.9 Å². The van der Waals surface area contributed by atoms with Crippen LogP contribution in [0.4, 0.5) is 5.13 Å². The summed E-state index contributed by atoms with van der Waals surface area (Å²) < 4.78 is 0. The van der Waals surface area contributed by atoms with Crippen molar-refractivity contribution in [3.05, 3.63) is 108 Å². The van der Waals surface area contributed by atoms with Crippen LogP contribution in [0.1, 0.15) is 23.8 Å². The van der Waals surface area contributed by atoms with Crippen LogP contribution in [0.2, 0.25) is 0 Å². The summed E-state index contributed by atoms with van der Waals surface area (Å²) in [5, 5.41) is 5.98. The van der Waals surface area contributed by atoms with Crippen LogP contribution < -0.4 is 5.32 Å². The van der Waals surface area contributed by atoms with E-state index in [-0.39, 0.29) is 5.91 Å². The monoisotopic (exact) mass is 462 g/mol. The number of amides is 1. The average Bonchev–Trinajstić information content (AvgIpc) is 3.27. The van der Waals surface area contributed by atoms with Crippen LogP contribution in [0.5, 0.6) is 0 Å². The van der Waals surface area contributed by atoms with Gasteiger partial charge in [0.15, 0.2) is 5.13 Å². The highest BCUT2D eigenvalue weighted by Gasteiger charge is 2.15. The van der Waals surface area contributed by atoms with Crippen molar-refractivity contribution in [2.24, 2.45) is 0 Å². The van der Waals surface area contributed by atoms with Gasteiger partial charge in [0.05, 0.1) is 12.1 Å². The van der Waals surface area contributed by atoms with Crippen molar-refractivity contribution in [2.45, 2.75) is 26.2 Å². The Labute approximate surface area is 204 Å². The third-order valence-electron chi connectivity index (χ3n) is 5.92. The number of benzene rings is 4. The van der Waals surface area contributed by atoms with E-state index in [1.165, 1.54) is 16.0 Å². The minimum atomic E-state index is -0.0425. The Kier molecular flexibility index (Phi) is 6.50. The predicted octanol–water partition coefficient (Wildman–Crippen LogP) is 7.76. The number of carbonyl (C=O) groups is 1. The normalized spacial score (nSPS) is 11.0. The molecule has 1 heterocycles. The first kappa shape index (κ1) is 22.1. The number of nitrogens with one attached hydrogen (secondary N) is 1. The number of hydrogen-bond acceptors (Lipinski definition) is 3. The van der Waals surface area contributed by atoms with Crippen molar-refractivity contribution in [3.63, 3.8) is 0 Å². The fraction of sp³-hybridized carbons (Fsp3) is 0.133. The largest absolute Gasteiger partial charge is 0.302 e. The van der Waals surface area contributed by atoms with Gasteiger partial charge < -0.3 is 5.32 Å². The minimum absolute atomic E-state index is 0.0425. The smallest absolute Gasteiger partial charge is 0.230 e. The standard InChI is InChI=1S/C30H26N2OS/c1-2-9-27-29(24-18-16-22(17-19-24)21-10-4-3-5-11-21)32-30(34-27)31-28(33)20-25-14-8-13-23-12-6-7-15-26(23)25/h3-8,10-19H,2,9,20H2,1H3,(H,31,32,33). The van der Waals surface area contributed by atoms with Crippen LogP contribution in [-0.2, 0) is 17.6 Å². The molecule has 34 heavy (non-hydrogen) atoms. The van der Waals surface area contributed by atoms with Gasteiger partial charge in [0.1, 0.15) is 0 Å². The van der Waals surface area contributed by atoms with Gasteiger partial charge in [-0.15, -0.1) is 11.3 Å². The van der Waals surface area contributed by atoms with E-state index in [2.05, 4.69) is 79.0 Å². The van der Waals surface area contributed by atoms with Gasteiger partial charge in [0.25, 0.3) is 0 Å². The average molecular weight is 463 g/mol. The Hall–Kier alpha value is -3.76. The molecule has 4 heteroatoms. The Morgan fingerprint density at radius 3 is 2.26 bits per heavy atom. The second-order valence-corrected chi connectivity index (χ2v) is 9.43. The van der Waals surface area contributed by atoms with E-state index in [1.807, 2.05) is 30.3 Å². The molecule has 0 spiro atoms. The molecule has 0 aliphatic heterocycles. The zero-order valence-corrected chi connectivity index (χ0v) is 19.9. The number of nitrogens with zero attached hydrogens (tertiary/aromatic N) is 1. The topological polar surface area (TPSA) is 42.0 Å². The summed E-state index contributed by atoms with van der Waals surface area (Å²) in [6.07, 6.45) is 2.29. The minimum Gasteiger partial charge on any atom is -0.302 e. The zero-order valence-electron chi connectivity index (χ0n) is 19.1. The molecule has 0 unspecified atom stereocenters. The number of thiazole rings is 1. The number of aryl methyl sites for hydroxylation is 1. The lowest BCUT2D eigenvalue weighted by atomic mass is 10.0. The maximum absolute atomic E-state index is 12.9. The number of carbonyl (C=O) groups excluding carboxylic acids is 1. The Balaban J connectivity index is 1.37. The summed E-state index contributed by atoms with van der Waals surface area (Å²) in [6.45, 7) is 2.17. The van der Waals surface area contributed by atoms with Crippen LogP contribution in [0, 0.1) is 0 Å². The second kappa shape index (κ2) is 10.0. The van der Waals surface area contributed by atoms with E-state index in [9.17, 15) is 4.79 Å². The number of anilines is 1. The highest BCUT2D eigenvalue weighted by molar-refractivity contribution is 7.16. The fourth-order valence-corrected chi connectivity index (χ4v) is 5.36. The third kappa shape index (κ3) is 4.78. The zero-order chi connectivity index (χ0) is 23.3. The maximum Gasteiger partial charge on any atom is 0.230 e. The molecule has 0 atom stereocenters. The van der Waals surface area contributed by atoms with Crippen LogP contribution in [0.15, 0.2) is 97.1 Å². The maximum atomic E-state index is 12.9. The summed E-state index contributed by atoms with van der Waals surface area (Å²) in [6, 6.07) is 33.2. The number of fused-ring (bicyclic) bond motifs is 1. The number of rotatable bonds is 7. The quantitative estimate of drug-likeness (QED) is 0.268. The highest BCUT2D eigenvalue weighted by Crippen LogP contribution is 2.33. The fourth-order valence-electron chi connectivity index (χ4n) is 4.26. The molecule has 168 valence electrons. The molecule has 1 aromatic heterocycles. The van der Waals surface area contributed by atoms with Crippen molar-refractivity contribution >= 4 is 33.1 Å². The molecule has 0 saturated heterocycles. The first-order valence-corrected chi connectivity index (χ1v) is 12.4. The van der Waals surface area contributed by atoms with Crippen LogP contribution in [0.25, 0.3) is 33.2 Å².